The van der Waals surface area contributed by atoms with Crippen molar-refractivity contribution in [3.63, 3.8) is 0 Å². The maximum Gasteiger partial charge on any atom is 0.136 e. The first-order valence-electron chi connectivity index (χ1n) is 5.78. The van der Waals surface area contributed by atoms with Crippen LogP contribution in [0.2, 0.25) is 0 Å². The Morgan fingerprint density at radius 3 is 2.50 bits per heavy atom. The van der Waals surface area contributed by atoms with Crippen molar-refractivity contribution in [1.29, 1.82) is 0 Å². The molecular formula is C13H16BrN3O. The second kappa shape index (κ2) is 5.44. The van der Waals surface area contributed by atoms with Gasteiger partial charge in [0, 0.05) is 0 Å². The molecule has 4 nitrogen and oxygen atoms in total. The molecule has 0 unspecified atom stereocenters. The Hall–Kier alpha value is -1.49. The SMILES string of the molecule is CC(C)Oc1ccc(Cn2ncc(Br)c2N)cc1. The fourth-order valence-electron chi connectivity index (χ4n) is 1.62. The van der Waals surface area contributed by atoms with Gasteiger partial charge in [0.1, 0.15) is 11.6 Å². The molecule has 18 heavy (non-hydrogen) atoms. The Bertz CT molecular complexity index is 520. The van der Waals surface area contributed by atoms with Gasteiger partial charge in [-0.15, -0.1) is 0 Å². The topological polar surface area (TPSA) is 53.1 Å². The molecule has 2 rings (SSSR count). The predicted octanol–water partition coefficient (Wildman–Crippen LogP) is 3.06. The number of ether oxygens (including phenoxy) is 1. The molecule has 1 aromatic carbocycles. The van der Waals surface area contributed by atoms with E-state index < -0.39 is 0 Å². The minimum Gasteiger partial charge on any atom is -0.491 e. The fraction of sp³-hybridized carbons (Fsp3) is 0.308. The third kappa shape index (κ3) is 3.04. The summed E-state index contributed by atoms with van der Waals surface area (Å²) in [5.41, 5.74) is 7.01. The van der Waals surface area contributed by atoms with Crippen LogP contribution < -0.4 is 10.5 Å². The summed E-state index contributed by atoms with van der Waals surface area (Å²) in [6, 6.07) is 7.97. The Balaban J connectivity index is 2.08. The molecule has 2 N–H and O–H groups in total. The number of nitrogens with zero attached hydrogens (tertiary/aromatic N) is 2. The van der Waals surface area contributed by atoms with Gasteiger partial charge in [-0.25, -0.2) is 4.68 Å². The van der Waals surface area contributed by atoms with Gasteiger partial charge in [0.15, 0.2) is 0 Å². The first kappa shape index (κ1) is 13.0. The standard InChI is InChI=1S/C13H16BrN3O/c1-9(2)18-11-5-3-10(4-6-11)8-17-13(15)12(14)7-16-17/h3-7,9H,8,15H2,1-2H3. The molecule has 5 heteroatoms. The lowest BCUT2D eigenvalue weighted by molar-refractivity contribution is 0.242. The number of rotatable bonds is 4. The Morgan fingerprint density at radius 1 is 1.33 bits per heavy atom. The average molecular weight is 310 g/mol. The van der Waals surface area contributed by atoms with E-state index in [0.717, 1.165) is 15.8 Å². The number of hydrogen-bond donors (Lipinski definition) is 1. The molecular weight excluding hydrogens is 294 g/mol. The third-order valence-corrected chi connectivity index (χ3v) is 3.07. The van der Waals surface area contributed by atoms with E-state index in [9.17, 15) is 0 Å². The minimum atomic E-state index is 0.188. The van der Waals surface area contributed by atoms with E-state index in [1.165, 1.54) is 0 Å². The second-order valence-corrected chi connectivity index (χ2v) is 5.20. The van der Waals surface area contributed by atoms with Crippen molar-refractivity contribution in [2.75, 3.05) is 5.73 Å². The summed E-state index contributed by atoms with van der Waals surface area (Å²) in [5.74, 6) is 1.51. The van der Waals surface area contributed by atoms with Crippen LogP contribution in [-0.2, 0) is 6.54 Å². The van der Waals surface area contributed by atoms with Gasteiger partial charge >= 0.3 is 0 Å². The second-order valence-electron chi connectivity index (χ2n) is 4.35. The van der Waals surface area contributed by atoms with Crippen molar-refractivity contribution in [1.82, 2.24) is 9.78 Å². The highest BCUT2D eigenvalue weighted by Crippen LogP contribution is 2.20. The highest BCUT2D eigenvalue weighted by molar-refractivity contribution is 9.10. The average Bonchev–Trinajstić information content (AvgIpc) is 2.63. The molecule has 1 heterocycles. The molecule has 96 valence electrons. The molecule has 0 saturated heterocycles. The Kier molecular flexibility index (Phi) is 3.91. The van der Waals surface area contributed by atoms with E-state index in [-0.39, 0.29) is 6.10 Å². The van der Waals surface area contributed by atoms with Crippen molar-refractivity contribution < 1.29 is 4.74 Å². The summed E-state index contributed by atoms with van der Waals surface area (Å²) in [4.78, 5) is 0. The zero-order valence-electron chi connectivity index (χ0n) is 10.4. The summed E-state index contributed by atoms with van der Waals surface area (Å²) >= 11 is 3.34. The van der Waals surface area contributed by atoms with E-state index in [2.05, 4.69) is 21.0 Å². The maximum atomic E-state index is 5.88. The summed E-state index contributed by atoms with van der Waals surface area (Å²) in [6.07, 6.45) is 1.89. The first-order chi connectivity index (χ1) is 8.56. The van der Waals surface area contributed by atoms with Crippen molar-refractivity contribution in [3.8, 4) is 5.75 Å². The van der Waals surface area contributed by atoms with Gasteiger partial charge < -0.3 is 10.5 Å². The van der Waals surface area contributed by atoms with Crippen LogP contribution in [-0.4, -0.2) is 15.9 Å². The number of benzene rings is 1. The number of hydrogen-bond acceptors (Lipinski definition) is 3. The summed E-state index contributed by atoms with van der Waals surface area (Å²) in [7, 11) is 0. The van der Waals surface area contributed by atoms with Gasteiger partial charge in [0.25, 0.3) is 0 Å². The van der Waals surface area contributed by atoms with Crippen LogP contribution in [0.25, 0.3) is 0 Å². The van der Waals surface area contributed by atoms with Gasteiger partial charge in [0.05, 0.1) is 23.3 Å². The number of aromatic nitrogens is 2. The number of halogens is 1. The molecule has 0 aliphatic carbocycles. The molecule has 0 atom stereocenters. The van der Waals surface area contributed by atoms with Gasteiger partial charge in [-0.2, -0.15) is 5.10 Å². The van der Waals surface area contributed by atoms with Gasteiger partial charge in [0.2, 0.25) is 0 Å². The lowest BCUT2D eigenvalue weighted by atomic mass is 10.2. The van der Waals surface area contributed by atoms with Gasteiger partial charge in [-0.3, -0.25) is 0 Å². The molecule has 0 radical (unpaired) electrons. The highest BCUT2D eigenvalue weighted by Gasteiger charge is 2.05. The van der Waals surface area contributed by atoms with Crippen molar-refractivity contribution in [2.24, 2.45) is 0 Å². The summed E-state index contributed by atoms with van der Waals surface area (Å²) < 4.78 is 8.17. The largest absolute Gasteiger partial charge is 0.491 e. The lowest BCUT2D eigenvalue weighted by Gasteiger charge is -2.10. The summed E-state index contributed by atoms with van der Waals surface area (Å²) in [5, 5.41) is 4.19. The third-order valence-electron chi connectivity index (χ3n) is 2.46. The van der Waals surface area contributed by atoms with Crippen molar-refractivity contribution >= 4 is 21.7 Å². The van der Waals surface area contributed by atoms with E-state index >= 15 is 0 Å². The molecule has 0 spiro atoms. The van der Waals surface area contributed by atoms with Crippen molar-refractivity contribution in [3.05, 3.63) is 40.5 Å². The molecule has 0 bridgehead atoms. The zero-order chi connectivity index (χ0) is 13.1. The number of nitrogen functional groups attached to an aromatic ring is 1. The Labute approximate surface area is 115 Å². The quantitative estimate of drug-likeness (QED) is 0.944. The first-order valence-corrected chi connectivity index (χ1v) is 6.58. The van der Waals surface area contributed by atoms with E-state index in [1.807, 2.05) is 38.1 Å². The fourth-order valence-corrected chi connectivity index (χ4v) is 1.91. The highest BCUT2D eigenvalue weighted by atomic mass is 79.9. The predicted molar refractivity (Wildman–Crippen MR) is 75.6 cm³/mol. The van der Waals surface area contributed by atoms with E-state index in [0.29, 0.717) is 12.4 Å². The van der Waals surface area contributed by atoms with Crippen LogP contribution in [0.15, 0.2) is 34.9 Å². The summed E-state index contributed by atoms with van der Waals surface area (Å²) in [6.45, 7) is 4.67. The molecule has 0 fully saturated rings. The number of anilines is 1. The van der Waals surface area contributed by atoms with Crippen LogP contribution in [0.4, 0.5) is 5.82 Å². The lowest BCUT2D eigenvalue weighted by Crippen LogP contribution is -2.07. The van der Waals surface area contributed by atoms with Crippen LogP contribution in [0, 0.1) is 0 Å². The minimum absolute atomic E-state index is 0.188. The molecule has 2 aromatic rings. The molecule has 0 aliphatic rings. The number of nitrogens with two attached hydrogens (primary N) is 1. The monoisotopic (exact) mass is 309 g/mol. The van der Waals surface area contributed by atoms with Crippen LogP contribution in [0.3, 0.4) is 0 Å². The van der Waals surface area contributed by atoms with Crippen LogP contribution in [0.5, 0.6) is 5.75 Å². The molecule has 1 aromatic heterocycles. The smallest absolute Gasteiger partial charge is 0.136 e. The maximum absolute atomic E-state index is 5.88. The van der Waals surface area contributed by atoms with Gasteiger partial charge in [-0.05, 0) is 47.5 Å². The molecule has 0 aliphatic heterocycles. The normalized spacial score (nSPS) is 10.9. The zero-order valence-corrected chi connectivity index (χ0v) is 12.0. The van der Waals surface area contributed by atoms with E-state index in [1.54, 1.807) is 10.9 Å². The van der Waals surface area contributed by atoms with Gasteiger partial charge in [-0.1, -0.05) is 12.1 Å². The molecule has 0 saturated carbocycles. The Morgan fingerprint density at radius 2 is 2.00 bits per heavy atom. The van der Waals surface area contributed by atoms with Crippen molar-refractivity contribution in [2.45, 2.75) is 26.5 Å². The van der Waals surface area contributed by atoms with Crippen LogP contribution >= 0.6 is 15.9 Å². The van der Waals surface area contributed by atoms with E-state index in [4.69, 9.17) is 10.5 Å². The van der Waals surface area contributed by atoms with Crippen LogP contribution in [0.1, 0.15) is 19.4 Å². The molecule has 0 amide bonds.